The molecule has 0 aliphatic heterocycles. The van der Waals surface area contributed by atoms with Crippen molar-refractivity contribution in [1.29, 1.82) is 0 Å². The number of aliphatic carboxylic acids is 1. The van der Waals surface area contributed by atoms with Crippen molar-refractivity contribution < 1.29 is 15.0 Å². The summed E-state index contributed by atoms with van der Waals surface area (Å²) in [5.41, 5.74) is -1.00. The molecule has 1 rings (SSSR count). The Morgan fingerprint density at radius 3 is 2.43 bits per heavy atom. The molecule has 1 aliphatic carbocycles. The van der Waals surface area contributed by atoms with E-state index in [0.717, 1.165) is 19.3 Å². The molecule has 0 spiro atoms. The van der Waals surface area contributed by atoms with Crippen LogP contribution in [0, 0.1) is 5.92 Å². The summed E-state index contributed by atoms with van der Waals surface area (Å²) in [5, 5.41) is 19.2. The van der Waals surface area contributed by atoms with Crippen LogP contribution in [-0.4, -0.2) is 21.8 Å². The minimum absolute atomic E-state index is 0.353. The van der Waals surface area contributed by atoms with Gasteiger partial charge in [0.05, 0.1) is 11.5 Å². The van der Waals surface area contributed by atoms with Crippen LogP contribution >= 0.6 is 0 Å². The molecule has 1 atom stereocenters. The van der Waals surface area contributed by atoms with Crippen molar-refractivity contribution in [2.24, 2.45) is 5.92 Å². The Balaban J connectivity index is 2.73. The largest absolute Gasteiger partial charge is 0.481 e. The third-order valence-electron chi connectivity index (χ3n) is 3.07. The second-order valence-corrected chi connectivity index (χ2v) is 4.08. The van der Waals surface area contributed by atoms with Crippen molar-refractivity contribution in [2.45, 2.75) is 44.1 Å². The first kappa shape index (κ1) is 11.2. The highest BCUT2D eigenvalue weighted by Gasteiger charge is 2.41. The molecule has 1 saturated carbocycles. The van der Waals surface area contributed by atoms with Crippen LogP contribution < -0.4 is 0 Å². The Bertz CT molecular complexity index is 217. The standard InChI is InChI=1S/C11H18O3/c1-2-6-9(10(12)13)11(14)7-4-3-5-8-11/h2,9,14H,1,3-8H2,(H,12,13)/t9-/m1/s1. The quantitative estimate of drug-likeness (QED) is 0.679. The molecule has 0 amide bonds. The third kappa shape index (κ3) is 2.35. The van der Waals surface area contributed by atoms with E-state index in [9.17, 15) is 9.90 Å². The molecule has 14 heavy (non-hydrogen) atoms. The topological polar surface area (TPSA) is 57.5 Å². The van der Waals surface area contributed by atoms with Crippen LogP contribution in [0.1, 0.15) is 38.5 Å². The summed E-state index contributed by atoms with van der Waals surface area (Å²) in [7, 11) is 0. The monoisotopic (exact) mass is 198 g/mol. The van der Waals surface area contributed by atoms with Gasteiger partial charge in [-0.05, 0) is 19.3 Å². The van der Waals surface area contributed by atoms with Gasteiger partial charge in [0.2, 0.25) is 0 Å². The molecule has 0 radical (unpaired) electrons. The highest BCUT2D eigenvalue weighted by molar-refractivity contribution is 5.71. The van der Waals surface area contributed by atoms with Gasteiger partial charge in [-0.25, -0.2) is 0 Å². The molecule has 3 heteroatoms. The number of carboxylic acids is 1. The van der Waals surface area contributed by atoms with Crippen LogP contribution in [0.15, 0.2) is 12.7 Å². The average molecular weight is 198 g/mol. The molecule has 0 bridgehead atoms. The lowest BCUT2D eigenvalue weighted by atomic mass is 9.74. The van der Waals surface area contributed by atoms with Gasteiger partial charge in [0.25, 0.3) is 0 Å². The summed E-state index contributed by atoms with van der Waals surface area (Å²) in [6.07, 6.45) is 6.10. The maximum absolute atomic E-state index is 11.0. The summed E-state index contributed by atoms with van der Waals surface area (Å²) >= 11 is 0. The maximum atomic E-state index is 11.0. The molecule has 0 aromatic carbocycles. The zero-order valence-corrected chi connectivity index (χ0v) is 8.41. The van der Waals surface area contributed by atoms with Gasteiger partial charge < -0.3 is 10.2 Å². The zero-order chi connectivity index (χ0) is 10.6. The SMILES string of the molecule is C=CC[C@H](C(=O)O)C1(O)CCCCC1. The van der Waals surface area contributed by atoms with Gasteiger partial charge in [0, 0.05) is 0 Å². The molecule has 3 nitrogen and oxygen atoms in total. The lowest BCUT2D eigenvalue weighted by Gasteiger charge is -2.36. The molecule has 2 N–H and O–H groups in total. The van der Waals surface area contributed by atoms with Crippen molar-refractivity contribution in [1.82, 2.24) is 0 Å². The van der Waals surface area contributed by atoms with Crippen LogP contribution in [0.2, 0.25) is 0 Å². The second kappa shape index (κ2) is 4.60. The van der Waals surface area contributed by atoms with Gasteiger partial charge in [-0.2, -0.15) is 0 Å². The first-order valence-corrected chi connectivity index (χ1v) is 5.16. The third-order valence-corrected chi connectivity index (χ3v) is 3.07. The van der Waals surface area contributed by atoms with Crippen LogP contribution in [0.25, 0.3) is 0 Å². The van der Waals surface area contributed by atoms with E-state index < -0.39 is 17.5 Å². The Morgan fingerprint density at radius 2 is 2.00 bits per heavy atom. The highest BCUT2D eigenvalue weighted by atomic mass is 16.4. The fourth-order valence-electron chi connectivity index (χ4n) is 2.23. The highest BCUT2D eigenvalue weighted by Crippen LogP contribution is 2.36. The number of hydrogen-bond acceptors (Lipinski definition) is 2. The van der Waals surface area contributed by atoms with Gasteiger partial charge in [0.1, 0.15) is 0 Å². The van der Waals surface area contributed by atoms with Gasteiger partial charge in [-0.1, -0.05) is 25.3 Å². The van der Waals surface area contributed by atoms with E-state index in [2.05, 4.69) is 6.58 Å². The maximum Gasteiger partial charge on any atom is 0.309 e. The number of hydrogen-bond donors (Lipinski definition) is 2. The fourth-order valence-corrected chi connectivity index (χ4v) is 2.23. The number of rotatable bonds is 4. The minimum Gasteiger partial charge on any atom is -0.481 e. The summed E-state index contributed by atoms with van der Waals surface area (Å²) in [5.74, 6) is -1.59. The Morgan fingerprint density at radius 1 is 1.43 bits per heavy atom. The van der Waals surface area contributed by atoms with Gasteiger partial charge in [0.15, 0.2) is 0 Å². The molecule has 0 aromatic heterocycles. The van der Waals surface area contributed by atoms with E-state index in [1.165, 1.54) is 0 Å². The normalized spacial score (nSPS) is 22.6. The summed E-state index contributed by atoms with van der Waals surface area (Å²) in [4.78, 5) is 11.0. The van der Waals surface area contributed by atoms with E-state index in [-0.39, 0.29) is 0 Å². The predicted molar refractivity (Wildman–Crippen MR) is 54.0 cm³/mol. The number of carbonyl (C=O) groups is 1. The average Bonchev–Trinajstić information content (AvgIpc) is 2.14. The minimum atomic E-state index is -1.00. The molecular formula is C11H18O3. The van der Waals surface area contributed by atoms with E-state index in [4.69, 9.17) is 5.11 Å². The van der Waals surface area contributed by atoms with E-state index in [1.807, 2.05) is 0 Å². The van der Waals surface area contributed by atoms with Crippen molar-refractivity contribution in [3.8, 4) is 0 Å². The van der Waals surface area contributed by atoms with Crippen LogP contribution in [0.5, 0.6) is 0 Å². The summed E-state index contributed by atoms with van der Waals surface area (Å²) < 4.78 is 0. The molecular weight excluding hydrogens is 180 g/mol. The Hall–Kier alpha value is -0.830. The van der Waals surface area contributed by atoms with Crippen molar-refractivity contribution in [3.63, 3.8) is 0 Å². The van der Waals surface area contributed by atoms with Crippen molar-refractivity contribution in [2.75, 3.05) is 0 Å². The Kier molecular flexibility index (Phi) is 3.69. The van der Waals surface area contributed by atoms with Gasteiger partial charge in [-0.15, -0.1) is 6.58 Å². The van der Waals surface area contributed by atoms with Crippen molar-refractivity contribution in [3.05, 3.63) is 12.7 Å². The van der Waals surface area contributed by atoms with Gasteiger partial charge >= 0.3 is 5.97 Å². The fraction of sp³-hybridized carbons (Fsp3) is 0.727. The summed E-state index contributed by atoms with van der Waals surface area (Å²) in [6.45, 7) is 3.53. The molecule has 0 saturated heterocycles. The van der Waals surface area contributed by atoms with Crippen LogP contribution in [0.3, 0.4) is 0 Å². The number of allylic oxidation sites excluding steroid dienone is 1. The first-order chi connectivity index (χ1) is 6.60. The van der Waals surface area contributed by atoms with Crippen molar-refractivity contribution >= 4 is 5.97 Å². The Labute approximate surface area is 84.4 Å². The van der Waals surface area contributed by atoms with Crippen LogP contribution in [-0.2, 0) is 4.79 Å². The van der Waals surface area contributed by atoms with E-state index in [1.54, 1.807) is 6.08 Å². The smallest absolute Gasteiger partial charge is 0.309 e. The molecule has 80 valence electrons. The lowest BCUT2D eigenvalue weighted by Crippen LogP contribution is -2.43. The van der Waals surface area contributed by atoms with E-state index in [0.29, 0.717) is 19.3 Å². The lowest BCUT2D eigenvalue weighted by molar-refractivity contribution is -0.154. The molecule has 0 heterocycles. The number of aliphatic hydroxyl groups is 1. The molecule has 0 aromatic rings. The predicted octanol–water partition coefficient (Wildman–Crippen LogP) is 1.96. The van der Waals surface area contributed by atoms with Gasteiger partial charge in [-0.3, -0.25) is 4.79 Å². The molecule has 1 aliphatic rings. The number of carboxylic acid groups (broad SMARTS) is 1. The zero-order valence-electron chi connectivity index (χ0n) is 8.41. The summed E-state index contributed by atoms with van der Waals surface area (Å²) in [6, 6.07) is 0. The first-order valence-electron chi connectivity index (χ1n) is 5.16. The van der Waals surface area contributed by atoms with Crippen LogP contribution in [0.4, 0.5) is 0 Å². The molecule has 1 fully saturated rings. The van der Waals surface area contributed by atoms with E-state index >= 15 is 0 Å². The second-order valence-electron chi connectivity index (χ2n) is 4.08. The molecule has 0 unspecified atom stereocenters.